The summed E-state index contributed by atoms with van der Waals surface area (Å²) >= 11 is 0. The van der Waals surface area contributed by atoms with Gasteiger partial charge in [-0.1, -0.05) is 51.1 Å². The molecule has 2 aromatic rings. The second-order valence-corrected chi connectivity index (χ2v) is 5.76. The van der Waals surface area contributed by atoms with Crippen molar-refractivity contribution < 1.29 is 9.53 Å². The van der Waals surface area contributed by atoms with Crippen LogP contribution in [0.4, 0.5) is 0 Å². The summed E-state index contributed by atoms with van der Waals surface area (Å²) in [5.41, 5.74) is 3.27. The first-order valence-corrected chi connectivity index (χ1v) is 7.76. The normalized spacial score (nSPS) is 12.4. The Kier molecular flexibility index (Phi) is 5.36. The molecule has 0 spiro atoms. The molecule has 1 aromatic heterocycles. The average molecular weight is 300 g/mol. The third-order valence-corrected chi connectivity index (χ3v) is 4.01. The Bertz CT molecular complexity index is 617. The first-order valence-electron chi connectivity index (χ1n) is 7.76. The van der Waals surface area contributed by atoms with Crippen molar-refractivity contribution in [3.05, 3.63) is 42.4 Å². The van der Waals surface area contributed by atoms with Gasteiger partial charge in [0.25, 0.3) is 0 Å². The molecule has 4 heteroatoms. The summed E-state index contributed by atoms with van der Waals surface area (Å²) in [7, 11) is 1.43. The van der Waals surface area contributed by atoms with E-state index in [4.69, 9.17) is 4.74 Å². The fourth-order valence-electron chi connectivity index (χ4n) is 2.77. The molecule has 0 radical (unpaired) electrons. The van der Waals surface area contributed by atoms with Gasteiger partial charge in [-0.3, -0.25) is 4.79 Å². The molecule has 0 amide bonds. The zero-order valence-corrected chi connectivity index (χ0v) is 13.7. The summed E-state index contributed by atoms with van der Waals surface area (Å²) in [6.07, 6.45) is 3.09. The van der Waals surface area contributed by atoms with Gasteiger partial charge in [0.1, 0.15) is 0 Å². The van der Waals surface area contributed by atoms with Crippen LogP contribution in [0.1, 0.15) is 38.9 Å². The standard InChI is InChI=1S/C18H24N2O2/c1-5-15-18(14-9-7-6-8-10-14)19-12-20(15)16(13(2)3)11-17(21)22-4/h6-10,12-13,16H,5,11H2,1-4H3/t16-/m1/s1. The molecule has 1 aromatic carbocycles. The number of imidazole rings is 1. The highest BCUT2D eigenvalue weighted by molar-refractivity contribution is 5.70. The molecule has 0 saturated heterocycles. The number of rotatable bonds is 6. The number of aromatic nitrogens is 2. The van der Waals surface area contributed by atoms with Crippen molar-refractivity contribution in [3.8, 4) is 11.3 Å². The second-order valence-electron chi connectivity index (χ2n) is 5.76. The first kappa shape index (κ1) is 16.3. The van der Waals surface area contributed by atoms with Gasteiger partial charge in [-0.25, -0.2) is 4.98 Å². The van der Waals surface area contributed by atoms with Crippen LogP contribution in [0.25, 0.3) is 11.3 Å². The number of methoxy groups -OCH3 is 1. The van der Waals surface area contributed by atoms with Gasteiger partial charge >= 0.3 is 5.97 Å². The Morgan fingerprint density at radius 1 is 1.27 bits per heavy atom. The number of ether oxygens (including phenoxy) is 1. The second kappa shape index (κ2) is 7.25. The number of nitrogens with zero attached hydrogens (tertiary/aromatic N) is 2. The van der Waals surface area contributed by atoms with Crippen LogP contribution < -0.4 is 0 Å². The van der Waals surface area contributed by atoms with E-state index in [1.165, 1.54) is 7.11 Å². The van der Waals surface area contributed by atoms with E-state index < -0.39 is 0 Å². The quantitative estimate of drug-likeness (QED) is 0.761. The lowest BCUT2D eigenvalue weighted by Gasteiger charge is -2.23. The van der Waals surface area contributed by atoms with Crippen LogP contribution in [0.3, 0.4) is 0 Å². The van der Waals surface area contributed by atoms with Gasteiger partial charge in [0.05, 0.1) is 25.6 Å². The lowest BCUT2D eigenvalue weighted by atomic mass is 9.99. The summed E-state index contributed by atoms with van der Waals surface area (Å²) in [6, 6.07) is 10.2. The highest BCUT2D eigenvalue weighted by Crippen LogP contribution is 2.29. The Morgan fingerprint density at radius 3 is 2.50 bits per heavy atom. The van der Waals surface area contributed by atoms with Crippen LogP contribution >= 0.6 is 0 Å². The monoisotopic (exact) mass is 300 g/mol. The fraction of sp³-hybridized carbons (Fsp3) is 0.444. The van der Waals surface area contributed by atoms with Crippen LogP contribution in [0, 0.1) is 5.92 Å². The molecule has 0 unspecified atom stereocenters. The van der Waals surface area contributed by atoms with Crippen molar-refractivity contribution in [2.24, 2.45) is 5.92 Å². The van der Waals surface area contributed by atoms with Crippen LogP contribution in [-0.4, -0.2) is 22.6 Å². The van der Waals surface area contributed by atoms with Gasteiger partial charge in [-0.2, -0.15) is 0 Å². The molecule has 0 N–H and O–H groups in total. The van der Waals surface area contributed by atoms with Gasteiger partial charge in [0.15, 0.2) is 0 Å². The van der Waals surface area contributed by atoms with E-state index in [0.29, 0.717) is 12.3 Å². The number of carbonyl (C=O) groups is 1. The fourth-order valence-corrected chi connectivity index (χ4v) is 2.77. The maximum Gasteiger partial charge on any atom is 0.307 e. The summed E-state index contributed by atoms with van der Waals surface area (Å²) < 4.78 is 6.99. The zero-order chi connectivity index (χ0) is 16.1. The summed E-state index contributed by atoms with van der Waals surface area (Å²) in [5.74, 6) is 0.137. The van der Waals surface area contributed by atoms with Gasteiger partial charge in [-0.05, 0) is 12.3 Å². The van der Waals surface area contributed by atoms with Crippen molar-refractivity contribution in [1.29, 1.82) is 0 Å². The molecule has 0 bridgehead atoms. The number of carbonyl (C=O) groups excluding carboxylic acids is 1. The molecular formula is C18H24N2O2. The van der Waals surface area contributed by atoms with E-state index in [0.717, 1.165) is 23.4 Å². The average Bonchev–Trinajstić information content (AvgIpc) is 2.96. The van der Waals surface area contributed by atoms with Gasteiger partial charge in [-0.15, -0.1) is 0 Å². The van der Waals surface area contributed by atoms with E-state index in [-0.39, 0.29) is 12.0 Å². The number of benzene rings is 1. The SMILES string of the molecule is CCc1c(-c2ccccc2)ncn1[C@H](CC(=O)OC)C(C)C. The predicted octanol–water partition coefficient (Wildman–Crippen LogP) is 3.87. The number of esters is 1. The first-order chi connectivity index (χ1) is 10.6. The molecule has 2 rings (SSSR count). The van der Waals surface area contributed by atoms with Crippen molar-refractivity contribution in [1.82, 2.24) is 9.55 Å². The van der Waals surface area contributed by atoms with Crippen molar-refractivity contribution in [3.63, 3.8) is 0 Å². The van der Waals surface area contributed by atoms with Crippen LogP contribution in [0.2, 0.25) is 0 Å². The largest absolute Gasteiger partial charge is 0.469 e. The summed E-state index contributed by atoms with van der Waals surface area (Å²) in [6.45, 7) is 6.36. The maximum atomic E-state index is 11.7. The highest BCUT2D eigenvalue weighted by Gasteiger charge is 2.23. The molecule has 4 nitrogen and oxygen atoms in total. The molecular weight excluding hydrogens is 276 g/mol. The van der Waals surface area contributed by atoms with E-state index in [9.17, 15) is 4.79 Å². The minimum Gasteiger partial charge on any atom is -0.469 e. The zero-order valence-electron chi connectivity index (χ0n) is 13.7. The molecule has 0 fully saturated rings. The third-order valence-electron chi connectivity index (χ3n) is 4.01. The minimum absolute atomic E-state index is 0.0624. The highest BCUT2D eigenvalue weighted by atomic mass is 16.5. The van der Waals surface area contributed by atoms with Crippen molar-refractivity contribution in [2.75, 3.05) is 7.11 Å². The van der Waals surface area contributed by atoms with E-state index in [2.05, 4.69) is 42.5 Å². The summed E-state index contributed by atoms with van der Waals surface area (Å²) in [4.78, 5) is 16.3. The lowest BCUT2D eigenvalue weighted by molar-refractivity contribution is -0.141. The van der Waals surface area contributed by atoms with Crippen molar-refractivity contribution in [2.45, 2.75) is 39.7 Å². The Hall–Kier alpha value is -2.10. The lowest BCUT2D eigenvalue weighted by Crippen LogP contribution is -2.21. The number of hydrogen-bond donors (Lipinski definition) is 0. The van der Waals surface area contributed by atoms with Crippen molar-refractivity contribution >= 4 is 5.97 Å². The Balaban J connectivity index is 2.42. The van der Waals surface area contributed by atoms with Gasteiger partial charge in [0.2, 0.25) is 0 Å². The van der Waals surface area contributed by atoms with Crippen LogP contribution in [0.15, 0.2) is 36.7 Å². The molecule has 0 saturated carbocycles. The minimum atomic E-state index is -0.185. The van der Waals surface area contributed by atoms with Crippen LogP contribution in [-0.2, 0) is 16.0 Å². The molecule has 0 aliphatic rings. The van der Waals surface area contributed by atoms with Crippen LogP contribution in [0.5, 0.6) is 0 Å². The van der Waals surface area contributed by atoms with E-state index in [1.54, 1.807) is 0 Å². The summed E-state index contributed by atoms with van der Waals surface area (Å²) in [5, 5.41) is 0. The topological polar surface area (TPSA) is 44.1 Å². The smallest absolute Gasteiger partial charge is 0.307 e. The molecule has 0 aliphatic carbocycles. The molecule has 22 heavy (non-hydrogen) atoms. The Labute approximate surface area is 132 Å². The van der Waals surface area contributed by atoms with Gasteiger partial charge < -0.3 is 9.30 Å². The van der Waals surface area contributed by atoms with E-state index >= 15 is 0 Å². The van der Waals surface area contributed by atoms with E-state index in [1.807, 2.05) is 24.5 Å². The maximum absolute atomic E-state index is 11.7. The molecule has 118 valence electrons. The van der Waals surface area contributed by atoms with Gasteiger partial charge in [0, 0.05) is 17.3 Å². The molecule has 0 aliphatic heterocycles. The molecule has 1 atom stereocenters. The number of hydrogen-bond acceptors (Lipinski definition) is 3. The molecule has 1 heterocycles. The predicted molar refractivity (Wildman–Crippen MR) is 87.5 cm³/mol. The Morgan fingerprint density at radius 2 is 1.95 bits per heavy atom. The third kappa shape index (κ3) is 3.38.